The second kappa shape index (κ2) is 11.6. The molecule has 0 spiro atoms. The van der Waals surface area contributed by atoms with Crippen LogP contribution in [0.5, 0.6) is 5.75 Å². The lowest BCUT2D eigenvalue weighted by atomic mass is 9.97. The van der Waals surface area contributed by atoms with Crippen molar-refractivity contribution in [1.82, 2.24) is 9.21 Å². The molecule has 186 valence electrons. The SMILES string of the molecule is CCCC[C@H](CC)C(=O)N1CCN(c2cc(S(=O)(=O)N3CCC[C@H](C)C3)ccc2OC)CC1. The minimum atomic E-state index is -3.54. The molecule has 2 aliphatic heterocycles. The molecule has 1 amide bonds. The van der Waals surface area contributed by atoms with Gasteiger partial charge in [0.1, 0.15) is 5.75 Å². The molecule has 0 saturated carbocycles. The van der Waals surface area contributed by atoms with Gasteiger partial charge in [0.25, 0.3) is 0 Å². The van der Waals surface area contributed by atoms with Crippen LogP contribution in [0.2, 0.25) is 0 Å². The number of hydrogen-bond donors (Lipinski definition) is 0. The number of piperidine rings is 1. The summed E-state index contributed by atoms with van der Waals surface area (Å²) >= 11 is 0. The van der Waals surface area contributed by atoms with E-state index in [0.29, 0.717) is 55.8 Å². The second-order valence-corrected chi connectivity index (χ2v) is 11.4. The van der Waals surface area contributed by atoms with Crippen molar-refractivity contribution >= 4 is 21.6 Å². The molecule has 0 N–H and O–H groups in total. The van der Waals surface area contributed by atoms with Crippen LogP contribution in [0.3, 0.4) is 0 Å². The lowest BCUT2D eigenvalue weighted by molar-refractivity contribution is -0.136. The molecular formula is C25H41N3O4S. The molecule has 0 bridgehead atoms. The van der Waals surface area contributed by atoms with Crippen molar-refractivity contribution in [2.45, 2.75) is 64.2 Å². The summed E-state index contributed by atoms with van der Waals surface area (Å²) < 4.78 is 33.8. The van der Waals surface area contributed by atoms with E-state index >= 15 is 0 Å². The molecule has 7 nitrogen and oxygen atoms in total. The van der Waals surface area contributed by atoms with Gasteiger partial charge in [0.15, 0.2) is 0 Å². The number of hydrogen-bond acceptors (Lipinski definition) is 5. The molecule has 0 unspecified atom stereocenters. The van der Waals surface area contributed by atoms with E-state index in [9.17, 15) is 13.2 Å². The largest absolute Gasteiger partial charge is 0.495 e. The number of ether oxygens (including phenoxy) is 1. The van der Waals surface area contributed by atoms with E-state index < -0.39 is 10.0 Å². The Labute approximate surface area is 200 Å². The minimum absolute atomic E-state index is 0.103. The average molecular weight is 480 g/mol. The summed E-state index contributed by atoms with van der Waals surface area (Å²) in [5, 5.41) is 0. The lowest BCUT2D eigenvalue weighted by Crippen LogP contribution is -2.50. The van der Waals surface area contributed by atoms with Crippen LogP contribution in [-0.2, 0) is 14.8 Å². The maximum Gasteiger partial charge on any atom is 0.243 e. The Bertz CT molecular complexity index is 897. The number of nitrogens with zero attached hydrogens (tertiary/aromatic N) is 3. The molecule has 3 rings (SSSR count). The third-order valence-electron chi connectivity index (χ3n) is 7.09. The Kier molecular flexibility index (Phi) is 9.04. The van der Waals surface area contributed by atoms with Crippen LogP contribution in [0.1, 0.15) is 59.3 Å². The molecule has 2 saturated heterocycles. The number of methoxy groups -OCH3 is 1. The van der Waals surface area contributed by atoms with Gasteiger partial charge in [0, 0.05) is 45.2 Å². The number of benzene rings is 1. The second-order valence-electron chi connectivity index (χ2n) is 9.50. The highest BCUT2D eigenvalue weighted by Gasteiger charge is 2.31. The third-order valence-corrected chi connectivity index (χ3v) is 8.95. The quantitative estimate of drug-likeness (QED) is 0.536. The Morgan fingerprint density at radius 3 is 2.48 bits per heavy atom. The van der Waals surface area contributed by atoms with Gasteiger partial charge in [-0.25, -0.2) is 8.42 Å². The Morgan fingerprint density at radius 1 is 1.15 bits per heavy atom. The number of sulfonamides is 1. The van der Waals surface area contributed by atoms with Crippen molar-refractivity contribution in [1.29, 1.82) is 0 Å². The van der Waals surface area contributed by atoms with Gasteiger partial charge in [-0.1, -0.05) is 33.6 Å². The summed E-state index contributed by atoms with van der Waals surface area (Å²) in [6.07, 6.45) is 5.98. The molecule has 1 aromatic rings. The Morgan fingerprint density at radius 2 is 1.88 bits per heavy atom. The van der Waals surface area contributed by atoms with Crippen LogP contribution in [0.4, 0.5) is 5.69 Å². The molecule has 33 heavy (non-hydrogen) atoms. The summed E-state index contributed by atoms with van der Waals surface area (Å²) in [6, 6.07) is 5.16. The normalized spacial score (nSPS) is 21.2. The van der Waals surface area contributed by atoms with E-state index in [2.05, 4.69) is 25.7 Å². The lowest BCUT2D eigenvalue weighted by Gasteiger charge is -2.38. The highest BCUT2D eigenvalue weighted by Crippen LogP contribution is 2.34. The average Bonchev–Trinajstić information content (AvgIpc) is 2.84. The molecule has 2 atom stereocenters. The van der Waals surface area contributed by atoms with E-state index in [0.717, 1.165) is 44.2 Å². The van der Waals surface area contributed by atoms with Gasteiger partial charge in [0.2, 0.25) is 15.9 Å². The summed E-state index contributed by atoms with van der Waals surface area (Å²) in [5.74, 6) is 1.40. The van der Waals surface area contributed by atoms with E-state index in [-0.39, 0.29) is 11.8 Å². The molecule has 0 aromatic heterocycles. The predicted octanol–water partition coefficient (Wildman–Crippen LogP) is 3.98. The standard InChI is InChI=1S/C25H41N3O4S/c1-5-7-10-21(6-2)25(29)27-16-14-26(15-17-27)23-18-22(11-12-24(23)32-4)33(30,31)28-13-8-9-20(3)19-28/h11-12,18,20-21H,5-10,13-17,19H2,1-4H3/t20-,21-/m0/s1. The zero-order valence-corrected chi connectivity index (χ0v) is 21.6. The zero-order valence-electron chi connectivity index (χ0n) is 20.8. The van der Waals surface area contributed by atoms with Gasteiger partial charge >= 0.3 is 0 Å². The van der Waals surface area contributed by atoms with Gasteiger partial charge in [-0.3, -0.25) is 4.79 Å². The van der Waals surface area contributed by atoms with Crippen LogP contribution in [0.25, 0.3) is 0 Å². The van der Waals surface area contributed by atoms with Crippen molar-refractivity contribution in [3.05, 3.63) is 18.2 Å². The molecule has 8 heteroatoms. The summed E-state index contributed by atoms with van der Waals surface area (Å²) in [7, 11) is -1.93. The van der Waals surface area contributed by atoms with Gasteiger partial charge in [0.05, 0.1) is 17.7 Å². The fraction of sp³-hybridized carbons (Fsp3) is 0.720. The first kappa shape index (κ1) is 25.8. The number of anilines is 1. The summed E-state index contributed by atoms with van der Waals surface area (Å²) in [6.45, 7) is 10.1. The molecule has 2 aliphatic rings. The molecular weight excluding hydrogens is 438 g/mol. The molecule has 2 heterocycles. The van der Waals surface area contributed by atoms with Crippen molar-refractivity contribution in [3.8, 4) is 5.75 Å². The highest BCUT2D eigenvalue weighted by molar-refractivity contribution is 7.89. The number of carbonyl (C=O) groups is 1. The van der Waals surface area contributed by atoms with E-state index in [1.165, 1.54) is 0 Å². The van der Waals surface area contributed by atoms with Crippen LogP contribution >= 0.6 is 0 Å². The van der Waals surface area contributed by atoms with Gasteiger partial charge in [-0.15, -0.1) is 0 Å². The van der Waals surface area contributed by atoms with Gasteiger partial charge < -0.3 is 14.5 Å². The van der Waals surface area contributed by atoms with Crippen LogP contribution < -0.4 is 9.64 Å². The zero-order chi connectivity index (χ0) is 24.0. The minimum Gasteiger partial charge on any atom is -0.495 e. The first-order chi connectivity index (χ1) is 15.8. The first-order valence-electron chi connectivity index (χ1n) is 12.5. The van der Waals surface area contributed by atoms with Crippen molar-refractivity contribution < 1.29 is 17.9 Å². The molecule has 2 fully saturated rings. The number of rotatable bonds is 9. The first-order valence-corrected chi connectivity index (χ1v) is 14.0. The van der Waals surface area contributed by atoms with Crippen molar-refractivity contribution in [3.63, 3.8) is 0 Å². The summed E-state index contributed by atoms with van der Waals surface area (Å²) in [4.78, 5) is 17.4. The maximum atomic E-state index is 13.3. The summed E-state index contributed by atoms with van der Waals surface area (Å²) in [5.41, 5.74) is 0.786. The topological polar surface area (TPSA) is 70.2 Å². The number of amides is 1. The van der Waals surface area contributed by atoms with E-state index in [4.69, 9.17) is 4.74 Å². The van der Waals surface area contributed by atoms with Crippen molar-refractivity contribution in [2.24, 2.45) is 11.8 Å². The number of unbranched alkanes of at least 4 members (excludes halogenated alkanes) is 1. The van der Waals surface area contributed by atoms with Crippen LogP contribution in [0, 0.1) is 11.8 Å². The number of carbonyl (C=O) groups excluding carboxylic acids is 1. The fourth-order valence-electron chi connectivity index (χ4n) is 4.97. The molecule has 1 aromatic carbocycles. The fourth-order valence-corrected chi connectivity index (χ4v) is 6.59. The van der Waals surface area contributed by atoms with E-state index in [1.807, 2.05) is 4.90 Å². The third kappa shape index (κ3) is 6.01. The van der Waals surface area contributed by atoms with Crippen LogP contribution in [-0.4, -0.2) is 69.9 Å². The molecule has 0 aliphatic carbocycles. The predicted molar refractivity (Wildman–Crippen MR) is 132 cm³/mol. The van der Waals surface area contributed by atoms with E-state index in [1.54, 1.807) is 29.6 Å². The van der Waals surface area contributed by atoms with Gasteiger partial charge in [-0.05, 0) is 49.8 Å². The highest BCUT2D eigenvalue weighted by atomic mass is 32.2. The van der Waals surface area contributed by atoms with Gasteiger partial charge in [-0.2, -0.15) is 4.31 Å². The van der Waals surface area contributed by atoms with Crippen LogP contribution in [0.15, 0.2) is 23.1 Å². The Balaban J connectivity index is 1.74. The smallest absolute Gasteiger partial charge is 0.243 e. The molecule has 0 radical (unpaired) electrons. The Hall–Kier alpha value is -1.80. The monoisotopic (exact) mass is 479 g/mol. The van der Waals surface area contributed by atoms with Crippen molar-refractivity contribution in [2.75, 3.05) is 51.3 Å². The maximum absolute atomic E-state index is 13.3. The number of piperazine rings is 1.